The van der Waals surface area contributed by atoms with Gasteiger partial charge in [-0.25, -0.2) is 4.79 Å². The molecule has 1 aliphatic rings. The minimum absolute atomic E-state index is 0.715. The van der Waals surface area contributed by atoms with Crippen LogP contribution in [0.4, 0.5) is 0 Å². The van der Waals surface area contributed by atoms with Gasteiger partial charge >= 0.3 is 5.97 Å². The summed E-state index contributed by atoms with van der Waals surface area (Å²) >= 11 is 3.51. The Kier molecular flexibility index (Phi) is 4.53. The van der Waals surface area contributed by atoms with E-state index >= 15 is 0 Å². The van der Waals surface area contributed by atoms with Crippen LogP contribution < -0.4 is 0 Å². The molecule has 0 unspecified atom stereocenters. The summed E-state index contributed by atoms with van der Waals surface area (Å²) in [6.07, 6.45) is 5.43. The van der Waals surface area contributed by atoms with Crippen LogP contribution in [0.1, 0.15) is 28.2 Å². The summed E-state index contributed by atoms with van der Waals surface area (Å²) in [5.41, 5.74) is 0.976. The Morgan fingerprint density at radius 3 is 2.81 bits per heavy atom. The SMILES string of the molecule is O=C(O)C=Cc1csc(CN(Cc2cccs2)C2CC2)c1. The summed E-state index contributed by atoms with van der Waals surface area (Å²) in [6, 6.07) is 7.10. The van der Waals surface area contributed by atoms with Crippen molar-refractivity contribution in [2.45, 2.75) is 32.0 Å². The fourth-order valence-corrected chi connectivity index (χ4v) is 3.90. The Morgan fingerprint density at radius 2 is 2.14 bits per heavy atom. The Morgan fingerprint density at radius 1 is 1.33 bits per heavy atom. The van der Waals surface area contributed by atoms with E-state index in [0.717, 1.165) is 18.7 Å². The zero-order chi connectivity index (χ0) is 14.7. The summed E-state index contributed by atoms with van der Waals surface area (Å²) in [5.74, 6) is -0.903. The molecule has 110 valence electrons. The van der Waals surface area contributed by atoms with Gasteiger partial charge in [0.05, 0.1) is 0 Å². The Labute approximate surface area is 132 Å². The first kappa shape index (κ1) is 14.5. The van der Waals surface area contributed by atoms with Crippen molar-refractivity contribution in [3.8, 4) is 0 Å². The molecule has 1 saturated carbocycles. The number of hydrogen-bond donors (Lipinski definition) is 1. The summed E-state index contributed by atoms with van der Waals surface area (Å²) in [5, 5.41) is 12.8. The van der Waals surface area contributed by atoms with Crippen molar-refractivity contribution < 1.29 is 9.90 Å². The first-order chi connectivity index (χ1) is 10.2. The number of rotatable bonds is 7. The van der Waals surface area contributed by atoms with Crippen molar-refractivity contribution in [1.82, 2.24) is 4.90 Å². The number of carbonyl (C=O) groups is 1. The quantitative estimate of drug-likeness (QED) is 0.782. The van der Waals surface area contributed by atoms with Gasteiger partial charge in [-0.2, -0.15) is 0 Å². The van der Waals surface area contributed by atoms with Crippen LogP contribution in [0, 0.1) is 0 Å². The van der Waals surface area contributed by atoms with Crippen LogP contribution in [-0.2, 0) is 17.9 Å². The predicted molar refractivity (Wildman–Crippen MR) is 87.6 cm³/mol. The van der Waals surface area contributed by atoms with Gasteiger partial charge in [0, 0.05) is 35.0 Å². The van der Waals surface area contributed by atoms with Crippen molar-refractivity contribution in [3.05, 3.63) is 50.4 Å². The lowest BCUT2D eigenvalue weighted by Crippen LogP contribution is -2.24. The number of carboxylic acid groups (broad SMARTS) is 1. The van der Waals surface area contributed by atoms with Crippen molar-refractivity contribution in [2.75, 3.05) is 0 Å². The van der Waals surface area contributed by atoms with Crippen molar-refractivity contribution >= 4 is 34.7 Å². The van der Waals surface area contributed by atoms with E-state index in [1.165, 1.54) is 28.7 Å². The molecule has 2 aromatic rings. The first-order valence-corrected chi connectivity index (χ1v) is 8.71. The average Bonchev–Trinajstić information content (AvgIpc) is 2.99. The average molecular weight is 319 g/mol. The lowest BCUT2D eigenvalue weighted by molar-refractivity contribution is -0.131. The monoisotopic (exact) mass is 319 g/mol. The van der Waals surface area contributed by atoms with Crippen molar-refractivity contribution in [2.24, 2.45) is 0 Å². The minimum atomic E-state index is -0.903. The molecule has 5 heteroatoms. The Balaban J connectivity index is 1.64. The molecular weight excluding hydrogens is 302 g/mol. The normalized spacial score (nSPS) is 15.1. The van der Waals surface area contributed by atoms with E-state index in [0.29, 0.717) is 6.04 Å². The van der Waals surface area contributed by atoms with E-state index in [2.05, 4.69) is 28.5 Å². The first-order valence-electron chi connectivity index (χ1n) is 6.95. The van der Waals surface area contributed by atoms with Gasteiger partial charge in [0.1, 0.15) is 0 Å². The second-order valence-electron chi connectivity index (χ2n) is 5.23. The number of aliphatic carboxylic acids is 1. The zero-order valence-corrected chi connectivity index (χ0v) is 13.2. The standard InChI is InChI=1S/C16H17NO2S2/c18-16(19)6-3-12-8-15(21-11-12)10-17(13-4-5-13)9-14-2-1-7-20-14/h1-3,6-8,11,13H,4-5,9-10H2,(H,18,19). The molecule has 3 nitrogen and oxygen atoms in total. The van der Waals surface area contributed by atoms with Crippen LogP contribution >= 0.6 is 22.7 Å². The molecule has 2 aromatic heterocycles. The lowest BCUT2D eigenvalue weighted by Gasteiger charge is -2.20. The van der Waals surface area contributed by atoms with E-state index in [-0.39, 0.29) is 0 Å². The zero-order valence-electron chi connectivity index (χ0n) is 11.6. The van der Waals surface area contributed by atoms with Gasteiger partial charge in [0.2, 0.25) is 0 Å². The molecule has 0 bridgehead atoms. The summed E-state index contributed by atoms with van der Waals surface area (Å²) in [7, 11) is 0. The smallest absolute Gasteiger partial charge is 0.328 e. The summed E-state index contributed by atoms with van der Waals surface area (Å²) in [4.78, 5) is 15.8. The highest BCUT2D eigenvalue weighted by Gasteiger charge is 2.29. The fraction of sp³-hybridized carbons (Fsp3) is 0.312. The van der Waals surface area contributed by atoms with E-state index in [1.807, 2.05) is 16.7 Å². The van der Waals surface area contributed by atoms with Crippen LogP contribution in [0.5, 0.6) is 0 Å². The molecule has 21 heavy (non-hydrogen) atoms. The van der Waals surface area contributed by atoms with Crippen molar-refractivity contribution in [3.63, 3.8) is 0 Å². The maximum absolute atomic E-state index is 10.5. The predicted octanol–water partition coefficient (Wildman–Crippen LogP) is 4.07. The third-order valence-corrected chi connectivity index (χ3v) is 5.25. The van der Waals surface area contributed by atoms with Gasteiger partial charge in [0.25, 0.3) is 0 Å². The van der Waals surface area contributed by atoms with Crippen LogP contribution in [0.15, 0.2) is 35.0 Å². The molecule has 0 aliphatic heterocycles. The molecule has 0 spiro atoms. The second kappa shape index (κ2) is 6.56. The third kappa shape index (κ3) is 4.27. The van der Waals surface area contributed by atoms with Gasteiger partial charge in [-0.3, -0.25) is 4.90 Å². The van der Waals surface area contributed by atoms with Gasteiger partial charge in [-0.05, 0) is 47.4 Å². The van der Waals surface area contributed by atoms with Gasteiger partial charge in [-0.1, -0.05) is 6.07 Å². The highest BCUT2D eigenvalue weighted by Crippen LogP contribution is 2.31. The lowest BCUT2D eigenvalue weighted by atomic mass is 10.2. The second-order valence-corrected chi connectivity index (χ2v) is 7.26. The molecule has 1 N–H and O–H groups in total. The number of hydrogen-bond acceptors (Lipinski definition) is 4. The Bertz CT molecular complexity index is 627. The van der Waals surface area contributed by atoms with E-state index < -0.39 is 5.97 Å². The molecular formula is C16H17NO2S2. The maximum atomic E-state index is 10.5. The Hall–Kier alpha value is -1.43. The van der Waals surface area contributed by atoms with E-state index in [9.17, 15) is 4.79 Å². The van der Waals surface area contributed by atoms with Gasteiger partial charge in [-0.15, -0.1) is 22.7 Å². The molecule has 1 fully saturated rings. The van der Waals surface area contributed by atoms with Crippen LogP contribution in [-0.4, -0.2) is 22.0 Å². The largest absolute Gasteiger partial charge is 0.478 e. The van der Waals surface area contributed by atoms with Gasteiger partial charge < -0.3 is 5.11 Å². The molecule has 0 saturated heterocycles. The topological polar surface area (TPSA) is 40.5 Å². The number of carboxylic acids is 1. The summed E-state index contributed by atoms with van der Waals surface area (Å²) < 4.78 is 0. The van der Waals surface area contributed by atoms with Gasteiger partial charge in [0.15, 0.2) is 0 Å². The highest BCUT2D eigenvalue weighted by molar-refractivity contribution is 7.10. The van der Waals surface area contributed by atoms with Crippen LogP contribution in [0.25, 0.3) is 6.08 Å². The summed E-state index contributed by atoms with van der Waals surface area (Å²) in [6.45, 7) is 1.97. The molecule has 2 heterocycles. The van der Waals surface area contributed by atoms with E-state index in [1.54, 1.807) is 17.4 Å². The molecule has 0 aromatic carbocycles. The fourth-order valence-electron chi connectivity index (χ4n) is 2.29. The highest BCUT2D eigenvalue weighted by atomic mass is 32.1. The van der Waals surface area contributed by atoms with Crippen LogP contribution in [0.3, 0.4) is 0 Å². The molecule has 3 rings (SSSR count). The number of nitrogens with zero attached hydrogens (tertiary/aromatic N) is 1. The molecule has 0 amide bonds. The molecule has 0 radical (unpaired) electrons. The minimum Gasteiger partial charge on any atom is -0.478 e. The number of thiophene rings is 2. The molecule has 1 aliphatic carbocycles. The van der Waals surface area contributed by atoms with Crippen molar-refractivity contribution in [1.29, 1.82) is 0 Å². The maximum Gasteiger partial charge on any atom is 0.328 e. The van der Waals surface area contributed by atoms with Crippen LogP contribution in [0.2, 0.25) is 0 Å². The molecule has 0 atom stereocenters. The van der Waals surface area contributed by atoms with E-state index in [4.69, 9.17) is 5.11 Å². The third-order valence-electron chi connectivity index (χ3n) is 3.45.